The van der Waals surface area contributed by atoms with Crippen molar-refractivity contribution in [2.75, 3.05) is 0 Å². The van der Waals surface area contributed by atoms with Crippen LogP contribution in [0.4, 0.5) is 0 Å². The molecule has 0 bridgehead atoms. The molecule has 7 nitrogen and oxygen atoms in total. The number of halogens is 1. The van der Waals surface area contributed by atoms with Crippen molar-refractivity contribution >= 4 is 34.6 Å². The Kier molecular flexibility index (Phi) is 5.90. The molecule has 0 amide bonds. The maximum atomic E-state index is 10.7. The number of aromatic amines is 1. The Morgan fingerprint density at radius 3 is 2.28 bits per heavy atom. The Bertz CT molecular complexity index is 1190. The first-order valence-electron chi connectivity index (χ1n) is 8.50. The number of nitrogens with zero attached hydrogens (tertiary/aromatic N) is 2. The fraction of sp³-hybridized carbons (Fsp3) is 0.0476. The molecule has 1 aromatic heterocycles. The number of H-pyrrole nitrogens is 1. The second-order valence-corrected chi connectivity index (χ2v) is 6.47. The zero-order chi connectivity index (χ0) is 21.0. The summed E-state index contributed by atoms with van der Waals surface area (Å²) in [5.74, 6) is -2.46. The number of hydrogen-bond acceptors (Lipinski definition) is 4. The van der Waals surface area contributed by atoms with Crippen molar-refractivity contribution in [3.05, 3.63) is 82.4 Å². The molecule has 29 heavy (non-hydrogen) atoms. The van der Waals surface area contributed by atoms with Gasteiger partial charge in [0.05, 0.1) is 16.1 Å². The van der Waals surface area contributed by atoms with Crippen LogP contribution in [0.25, 0.3) is 22.2 Å². The fourth-order valence-electron chi connectivity index (χ4n) is 2.82. The monoisotopic (exact) mass is 409 g/mol. The second kappa shape index (κ2) is 8.53. The van der Waals surface area contributed by atoms with Gasteiger partial charge in [-0.3, -0.25) is 0 Å². The first-order chi connectivity index (χ1) is 13.9. The lowest BCUT2D eigenvalue weighted by atomic mass is 10.0. The number of aryl methyl sites for hydroxylation is 1. The van der Waals surface area contributed by atoms with Crippen LogP contribution in [-0.2, 0) is 0 Å². The van der Waals surface area contributed by atoms with Crippen LogP contribution in [0.15, 0.2) is 60.7 Å². The van der Waals surface area contributed by atoms with Gasteiger partial charge in [-0.2, -0.15) is 15.4 Å². The van der Waals surface area contributed by atoms with E-state index < -0.39 is 11.9 Å². The first-order valence-corrected chi connectivity index (χ1v) is 8.88. The molecule has 0 fully saturated rings. The van der Waals surface area contributed by atoms with Gasteiger partial charge in [0, 0.05) is 5.56 Å². The lowest BCUT2D eigenvalue weighted by molar-refractivity contribution is 0.0695. The van der Waals surface area contributed by atoms with E-state index in [1.165, 1.54) is 12.1 Å². The predicted octanol–water partition coefficient (Wildman–Crippen LogP) is 4.67. The number of rotatable bonds is 3. The summed E-state index contributed by atoms with van der Waals surface area (Å²) in [5.41, 5.74) is 4.17. The lowest BCUT2D eigenvalue weighted by Crippen LogP contribution is -2.06. The first kappa shape index (κ1) is 20.0. The van der Waals surface area contributed by atoms with Crippen molar-refractivity contribution in [2.24, 2.45) is 0 Å². The average molecular weight is 410 g/mol. The molecule has 0 saturated carbocycles. The third-order valence-electron chi connectivity index (χ3n) is 4.23. The average Bonchev–Trinajstić information content (AvgIpc) is 3.17. The van der Waals surface area contributed by atoms with Gasteiger partial charge in [0.25, 0.3) is 0 Å². The summed E-state index contributed by atoms with van der Waals surface area (Å²) in [7, 11) is 0. The van der Waals surface area contributed by atoms with Crippen molar-refractivity contribution < 1.29 is 19.8 Å². The number of fused-ring (bicyclic) bond motifs is 1. The topological polar surface area (TPSA) is 116 Å². The predicted molar refractivity (Wildman–Crippen MR) is 109 cm³/mol. The Balaban J connectivity index is 0.000000166. The molecule has 0 atom stereocenters. The number of carbonyl (C=O) groups is 2. The van der Waals surface area contributed by atoms with Gasteiger partial charge in [-0.1, -0.05) is 60.1 Å². The highest BCUT2D eigenvalue weighted by molar-refractivity contribution is 6.36. The molecule has 0 aliphatic rings. The van der Waals surface area contributed by atoms with Gasteiger partial charge in [-0.05, 0) is 30.2 Å². The van der Waals surface area contributed by atoms with Crippen molar-refractivity contribution in [3.63, 3.8) is 0 Å². The summed E-state index contributed by atoms with van der Waals surface area (Å²) in [6.45, 7) is 1.56. The van der Waals surface area contributed by atoms with E-state index in [2.05, 4.69) is 33.6 Å². The second-order valence-electron chi connectivity index (χ2n) is 6.09. The van der Waals surface area contributed by atoms with Crippen LogP contribution < -0.4 is 0 Å². The molecule has 4 rings (SSSR count). The molecule has 0 radical (unpaired) electrons. The number of aromatic nitrogens is 3. The summed E-state index contributed by atoms with van der Waals surface area (Å²) in [6, 6.07) is 18.9. The summed E-state index contributed by atoms with van der Waals surface area (Å²) < 4.78 is 0. The van der Waals surface area contributed by atoms with Gasteiger partial charge in [-0.15, -0.1) is 0 Å². The number of nitrogens with one attached hydrogen (secondary N) is 1. The number of para-hydroxylation sites is 1. The molecule has 1 heterocycles. The molecular formula is C21H16ClN3O4. The molecule has 8 heteroatoms. The smallest absolute Gasteiger partial charge is 0.337 e. The molecular weight excluding hydrogens is 394 g/mol. The van der Waals surface area contributed by atoms with E-state index in [-0.39, 0.29) is 16.1 Å². The molecule has 0 aliphatic carbocycles. The summed E-state index contributed by atoms with van der Waals surface area (Å²) >= 11 is 5.64. The van der Waals surface area contributed by atoms with Crippen molar-refractivity contribution in [1.29, 1.82) is 0 Å². The van der Waals surface area contributed by atoms with E-state index in [1.54, 1.807) is 6.92 Å². The molecule has 4 aromatic rings. The van der Waals surface area contributed by atoms with Gasteiger partial charge >= 0.3 is 11.9 Å². The van der Waals surface area contributed by atoms with Crippen LogP contribution in [0.2, 0.25) is 5.02 Å². The zero-order valence-corrected chi connectivity index (χ0v) is 16.0. The molecule has 3 aromatic carbocycles. The number of aromatic carboxylic acids is 2. The van der Waals surface area contributed by atoms with Gasteiger partial charge in [0.1, 0.15) is 11.0 Å². The Hall–Kier alpha value is -3.71. The number of benzene rings is 3. The van der Waals surface area contributed by atoms with E-state index in [9.17, 15) is 9.59 Å². The number of carboxylic acids is 2. The van der Waals surface area contributed by atoms with Crippen molar-refractivity contribution in [3.8, 4) is 11.1 Å². The van der Waals surface area contributed by atoms with Gasteiger partial charge in [0.2, 0.25) is 0 Å². The highest BCUT2D eigenvalue weighted by Crippen LogP contribution is 2.25. The highest BCUT2D eigenvalue weighted by atomic mass is 35.5. The summed E-state index contributed by atoms with van der Waals surface area (Å²) in [4.78, 5) is 21.4. The van der Waals surface area contributed by atoms with E-state index in [0.717, 1.165) is 22.2 Å². The largest absolute Gasteiger partial charge is 0.478 e. The van der Waals surface area contributed by atoms with Crippen molar-refractivity contribution in [2.45, 2.75) is 6.92 Å². The van der Waals surface area contributed by atoms with E-state index in [0.29, 0.717) is 5.56 Å². The molecule has 146 valence electrons. The van der Waals surface area contributed by atoms with E-state index in [4.69, 9.17) is 21.8 Å². The van der Waals surface area contributed by atoms with E-state index in [1.807, 2.05) is 30.3 Å². The van der Waals surface area contributed by atoms with Crippen LogP contribution in [0.1, 0.15) is 26.3 Å². The zero-order valence-electron chi connectivity index (χ0n) is 15.3. The molecule has 0 saturated heterocycles. The Morgan fingerprint density at radius 2 is 1.62 bits per heavy atom. The quantitative estimate of drug-likeness (QED) is 0.452. The van der Waals surface area contributed by atoms with Gasteiger partial charge in [-0.25, -0.2) is 9.59 Å². The van der Waals surface area contributed by atoms with Gasteiger partial charge < -0.3 is 10.2 Å². The molecule has 3 N–H and O–H groups in total. The maximum absolute atomic E-state index is 10.7. The summed E-state index contributed by atoms with van der Waals surface area (Å²) in [6.07, 6.45) is 0. The van der Waals surface area contributed by atoms with Crippen LogP contribution in [-0.4, -0.2) is 37.6 Å². The summed E-state index contributed by atoms with van der Waals surface area (Å²) in [5, 5.41) is 28.1. The van der Waals surface area contributed by atoms with Crippen LogP contribution in [0.3, 0.4) is 0 Å². The fourth-order valence-corrected chi connectivity index (χ4v) is 3.19. The number of hydrogen-bond donors (Lipinski definition) is 3. The normalized spacial score (nSPS) is 10.3. The Labute approximate surface area is 170 Å². The highest BCUT2D eigenvalue weighted by Gasteiger charge is 2.18. The van der Waals surface area contributed by atoms with Gasteiger partial charge in [0.15, 0.2) is 0 Å². The Morgan fingerprint density at radius 1 is 0.897 bits per heavy atom. The van der Waals surface area contributed by atoms with Crippen LogP contribution in [0.5, 0.6) is 0 Å². The third kappa shape index (κ3) is 4.25. The number of carboxylic acid groups (broad SMARTS) is 2. The minimum absolute atomic E-state index is 0.161. The lowest BCUT2D eigenvalue weighted by Gasteiger charge is -2.05. The minimum Gasteiger partial charge on any atom is -0.478 e. The molecule has 0 unspecified atom stereocenters. The van der Waals surface area contributed by atoms with Crippen LogP contribution in [0, 0.1) is 6.92 Å². The minimum atomic E-state index is -1.24. The molecule has 0 spiro atoms. The van der Waals surface area contributed by atoms with Crippen molar-refractivity contribution in [1.82, 2.24) is 15.4 Å². The SMILES string of the molecule is Cc1ccc(C(=O)O)c(Cl)c1C(=O)O.c1ccc(-c2cccc3n[nH]nc23)cc1. The third-order valence-corrected chi connectivity index (χ3v) is 4.62. The maximum Gasteiger partial charge on any atom is 0.337 e. The van der Waals surface area contributed by atoms with E-state index >= 15 is 0 Å². The standard InChI is InChI=1S/C12H9N3.C9H7ClO4/c1-2-5-9(6-3-1)10-7-4-8-11-12(10)14-15-13-11;1-4-2-3-5(8(11)12)7(10)6(4)9(13)14/h1-8H,(H,13,14,15);2-3H,1H3,(H,11,12)(H,13,14). The van der Waals surface area contributed by atoms with Crippen LogP contribution >= 0.6 is 11.6 Å². The molecule has 0 aliphatic heterocycles.